The summed E-state index contributed by atoms with van der Waals surface area (Å²) in [4.78, 5) is 0. The number of halogens is 2. The minimum Gasteiger partial charge on any atom is -0.379 e. The normalized spacial score (nSPS) is 31.4. The van der Waals surface area contributed by atoms with Crippen LogP contribution < -0.4 is 10.6 Å². The van der Waals surface area contributed by atoms with Crippen LogP contribution in [0.2, 0.25) is 0 Å². The van der Waals surface area contributed by atoms with Crippen molar-refractivity contribution in [3.05, 3.63) is 35.4 Å². The molecule has 26 heavy (non-hydrogen) atoms. The predicted molar refractivity (Wildman–Crippen MR) is 98.2 cm³/mol. The van der Waals surface area contributed by atoms with Crippen molar-refractivity contribution in [2.45, 2.75) is 62.4 Å². The molecule has 0 amide bonds. The van der Waals surface area contributed by atoms with Gasteiger partial charge in [-0.25, -0.2) is 8.78 Å². The summed E-state index contributed by atoms with van der Waals surface area (Å²) in [5.41, 5.74) is -0.0994. The zero-order valence-corrected chi connectivity index (χ0v) is 15.4. The lowest BCUT2D eigenvalue weighted by Crippen LogP contribution is -2.52. The van der Waals surface area contributed by atoms with Gasteiger partial charge in [0.05, 0.1) is 13.2 Å². The molecule has 5 heteroatoms. The second-order valence-corrected chi connectivity index (χ2v) is 8.30. The first-order valence-corrected chi connectivity index (χ1v) is 10.2. The Bertz CT molecular complexity index is 592. The van der Waals surface area contributed by atoms with Gasteiger partial charge in [-0.15, -0.1) is 0 Å². The Labute approximate surface area is 154 Å². The topological polar surface area (TPSA) is 33.3 Å². The van der Waals surface area contributed by atoms with Gasteiger partial charge in [0.1, 0.15) is 11.6 Å². The molecule has 3 aliphatic rings. The van der Waals surface area contributed by atoms with Crippen molar-refractivity contribution in [3.63, 3.8) is 0 Å². The number of ether oxygens (including phenoxy) is 1. The van der Waals surface area contributed by atoms with Crippen LogP contribution in [0.25, 0.3) is 0 Å². The zero-order chi connectivity index (χ0) is 18.0. The monoisotopic (exact) mass is 364 g/mol. The Kier molecular flexibility index (Phi) is 5.58. The van der Waals surface area contributed by atoms with Crippen molar-refractivity contribution >= 4 is 0 Å². The second kappa shape index (κ2) is 7.91. The summed E-state index contributed by atoms with van der Waals surface area (Å²) in [7, 11) is 0. The van der Waals surface area contributed by atoms with Gasteiger partial charge in [0.15, 0.2) is 0 Å². The van der Waals surface area contributed by atoms with Crippen molar-refractivity contribution in [2.75, 3.05) is 26.3 Å². The summed E-state index contributed by atoms with van der Waals surface area (Å²) >= 11 is 0. The van der Waals surface area contributed by atoms with Crippen molar-refractivity contribution in [3.8, 4) is 0 Å². The lowest BCUT2D eigenvalue weighted by molar-refractivity contribution is 0.0520. The van der Waals surface area contributed by atoms with Crippen molar-refractivity contribution in [1.82, 2.24) is 10.6 Å². The van der Waals surface area contributed by atoms with E-state index >= 15 is 0 Å². The summed E-state index contributed by atoms with van der Waals surface area (Å²) < 4.78 is 34.7. The van der Waals surface area contributed by atoms with Crippen LogP contribution in [0.1, 0.15) is 50.5 Å². The maximum absolute atomic E-state index is 14.5. The molecule has 3 nitrogen and oxygen atoms in total. The fourth-order valence-corrected chi connectivity index (χ4v) is 5.48. The van der Waals surface area contributed by atoms with Crippen LogP contribution in [-0.4, -0.2) is 38.4 Å². The molecule has 0 bridgehead atoms. The van der Waals surface area contributed by atoms with Gasteiger partial charge < -0.3 is 15.4 Å². The molecule has 1 aromatic carbocycles. The molecule has 3 atom stereocenters. The maximum atomic E-state index is 14.5. The van der Waals surface area contributed by atoms with Gasteiger partial charge >= 0.3 is 0 Å². The van der Waals surface area contributed by atoms with E-state index in [0.717, 1.165) is 51.9 Å². The molecule has 1 aromatic rings. The number of hydrogen-bond donors (Lipinski definition) is 2. The van der Waals surface area contributed by atoms with Crippen LogP contribution in [0, 0.1) is 17.6 Å². The lowest BCUT2D eigenvalue weighted by Gasteiger charge is -2.36. The Morgan fingerprint density at radius 2 is 1.88 bits per heavy atom. The molecule has 144 valence electrons. The molecule has 2 saturated carbocycles. The quantitative estimate of drug-likeness (QED) is 0.839. The summed E-state index contributed by atoms with van der Waals surface area (Å²) in [6, 6.07) is 5.07. The first-order valence-electron chi connectivity index (χ1n) is 10.2. The first kappa shape index (κ1) is 18.3. The minimum atomic E-state index is -0.404. The van der Waals surface area contributed by atoms with E-state index < -0.39 is 5.41 Å². The number of hydrogen-bond acceptors (Lipinski definition) is 3. The third kappa shape index (κ3) is 3.54. The minimum absolute atomic E-state index is 0.304. The number of rotatable bonds is 5. The van der Waals surface area contributed by atoms with Crippen LogP contribution in [0.15, 0.2) is 18.2 Å². The van der Waals surface area contributed by atoms with Crippen LogP contribution in [0.3, 0.4) is 0 Å². The van der Waals surface area contributed by atoms with Gasteiger partial charge in [0, 0.05) is 36.2 Å². The molecule has 3 fully saturated rings. The highest BCUT2D eigenvalue weighted by Gasteiger charge is 2.42. The highest BCUT2D eigenvalue weighted by Crippen LogP contribution is 2.43. The Balaban J connectivity index is 1.49. The highest BCUT2D eigenvalue weighted by atomic mass is 19.1. The van der Waals surface area contributed by atoms with Gasteiger partial charge in [-0.2, -0.15) is 0 Å². The lowest BCUT2D eigenvalue weighted by atomic mass is 9.77. The summed E-state index contributed by atoms with van der Waals surface area (Å²) in [5.74, 6) is -0.239. The van der Waals surface area contributed by atoms with Crippen molar-refractivity contribution in [1.29, 1.82) is 0 Å². The molecule has 0 spiro atoms. The molecule has 2 N–H and O–H groups in total. The molecule has 0 aromatic heterocycles. The largest absolute Gasteiger partial charge is 0.379 e. The third-order valence-electron chi connectivity index (χ3n) is 6.79. The highest BCUT2D eigenvalue weighted by molar-refractivity contribution is 5.30. The van der Waals surface area contributed by atoms with E-state index in [0.29, 0.717) is 30.1 Å². The van der Waals surface area contributed by atoms with E-state index in [-0.39, 0.29) is 11.6 Å². The van der Waals surface area contributed by atoms with Crippen LogP contribution in [-0.2, 0) is 10.2 Å². The van der Waals surface area contributed by atoms with Crippen LogP contribution >= 0.6 is 0 Å². The fraction of sp³-hybridized carbons (Fsp3) is 0.714. The van der Waals surface area contributed by atoms with E-state index in [2.05, 4.69) is 10.6 Å². The SMILES string of the molecule is Fc1cccc(F)c1C1(CNC2CCCC2C2COCCN2)CCCC1. The van der Waals surface area contributed by atoms with Gasteiger partial charge in [-0.3, -0.25) is 0 Å². The van der Waals surface area contributed by atoms with E-state index in [1.807, 2.05) is 0 Å². The van der Waals surface area contributed by atoms with Gasteiger partial charge in [-0.05, 0) is 43.7 Å². The Morgan fingerprint density at radius 3 is 2.58 bits per heavy atom. The molecule has 2 aliphatic carbocycles. The molecule has 1 aliphatic heterocycles. The molecular formula is C21H30F2N2O. The van der Waals surface area contributed by atoms with E-state index in [1.54, 1.807) is 0 Å². The number of nitrogens with one attached hydrogen (secondary N) is 2. The molecule has 1 saturated heterocycles. The summed E-state index contributed by atoms with van der Waals surface area (Å²) in [6.45, 7) is 3.14. The zero-order valence-electron chi connectivity index (χ0n) is 15.4. The van der Waals surface area contributed by atoms with Gasteiger partial charge in [0.25, 0.3) is 0 Å². The van der Waals surface area contributed by atoms with Gasteiger partial charge in [0.2, 0.25) is 0 Å². The van der Waals surface area contributed by atoms with E-state index in [9.17, 15) is 8.78 Å². The third-order valence-corrected chi connectivity index (χ3v) is 6.79. The second-order valence-electron chi connectivity index (χ2n) is 8.30. The number of morpholine rings is 1. The average Bonchev–Trinajstić information content (AvgIpc) is 3.31. The molecule has 4 rings (SSSR count). The fourth-order valence-electron chi connectivity index (χ4n) is 5.48. The van der Waals surface area contributed by atoms with Crippen LogP contribution in [0.5, 0.6) is 0 Å². The average molecular weight is 364 g/mol. The Hall–Kier alpha value is -1.04. The molecule has 0 radical (unpaired) electrons. The van der Waals surface area contributed by atoms with E-state index in [1.165, 1.54) is 31.0 Å². The van der Waals surface area contributed by atoms with E-state index in [4.69, 9.17) is 4.74 Å². The smallest absolute Gasteiger partial charge is 0.129 e. The van der Waals surface area contributed by atoms with Crippen molar-refractivity contribution in [2.24, 2.45) is 5.92 Å². The first-order chi connectivity index (χ1) is 12.7. The molecule has 3 unspecified atom stereocenters. The van der Waals surface area contributed by atoms with Crippen molar-refractivity contribution < 1.29 is 13.5 Å². The predicted octanol–water partition coefficient (Wildman–Crippen LogP) is 3.52. The van der Waals surface area contributed by atoms with Crippen LogP contribution in [0.4, 0.5) is 8.78 Å². The summed E-state index contributed by atoms with van der Waals surface area (Å²) in [6.07, 6.45) is 7.35. The molecule has 1 heterocycles. The Morgan fingerprint density at radius 1 is 1.12 bits per heavy atom. The maximum Gasteiger partial charge on any atom is 0.129 e. The standard InChI is InChI=1S/C21H30F2N2O/c22-16-6-4-7-17(23)20(16)21(9-1-2-10-21)14-25-18-8-3-5-15(18)19-13-26-12-11-24-19/h4,6-7,15,18-19,24-25H,1-3,5,8-14H2. The number of benzene rings is 1. The van der Waals surface area contributed by atoms with Gasteiger partial charge in [-0.1, -0.05) is 25.3 Å². The molecular weight excluding hydrogens is 334 g/mol. The summed E-state index contributed by atoms with van der Waals surface area (Å²) in [5, 5.41) is 7.33.